The third kappa shape index (κ3) is 3.70. The minimum atomic E-state index is -0.417. The smallest absolute Gasteiger partial charge is 0.224 e. The first-order chi connectivity index (χ1) is 12.2. The highest BCUT2D eigenvalue weighted by Crippen LogP contribution is 2.61. The first-order valence-electron chi connectivity index (χ1n) is 10.5. The van der Waals surface area contributed by atoms with Gasteiger partial charge in [-0.15, -0.1) is 0 Å². The van der Waals surface area contributed by atoms with Gasteiger partial charge >= 0.3 is 0 Å². The van der Waals surface area contributed by atoms with Crippen molar-refractivity contribution in [2.24, 2.45) is 40.2 Å². The normalized spacial score (nSPS) is 34.1. The number of nitrogens with one attached hydrogen (secondary N) is 1. The first-order valence-corrected chi connectivity index (χ1v) is 10.5. The van der Waals surface area contributed by atoms with E-state index in [-0.39, 0.29) is 28.6 Å². The number of fused-ring (bicyclic) bond motifs is 2. The van der Waals surface area contributed by atoms with E-state index in [9.17, 15) is 9.59 Å². The number of rotatable bonds is 9. The molecule has 3 aliphatic rings. The predicted octanol–water partition coefficient (Wildman–Crippen LogP) is 4.05. The number of carbonyl (C=O) groups excluding carboxylic acids is 2. The second-order valence-electron chi connectivity index (χ2n) is 9.13. The number of nitrogens with two attached hydrogens (primary N) is 1. The molecule has 0 aromatic carbocycles. The second-order valence-corrected chi connectivity index (χ2v) is 9.13. The van der Waals surface area contributed by atoms with Crippen LogP contribution in [0.5, 0.6) is 0 Å². The zero-order chi connectivity index (χ0) is 19.5. The van der Waals surface area contributed by atoms with Gasteiger partial charge in [0.1, 0.15) is 0 Å². The Morgan fingerprint density at radius 1 is 1.19 bits per heavy atom. The summed E-state index contributed by atoms with van der Waals surface area (Å²) >= 11 is 0. The van der Waals surface area contributed by atoms with Crippen LogP contribution in [-0.2, 0) is 9.59 Å². The molecule has 2 bridgehead atoms. The quantitative estimate of drug-likeness (QED) is 0.607. The lowest BCUT2D eigenvalue weighted by Crippen LogP contribution is -2.61. The summed E-state index contributed by atoms with van der Waals surface area (Å²) in [4.78, 5) is 25.7. The summed E-state index contributed by atoms with van der Waals surface area (Å²) < 4.78 is 0. The number of carbonyl (C=O) groups is 2. The fourth-order valence-electron chi connectivity index (χ4n) is 5.23. The summed E-state index contributed by atoms with van der Waals surface area (Å²) in [6.45, 7) is 11.5. The lowest BCUT2D eigenvalue weighted by atomic mass is 9.45. The molecule has 5 atom stereocenters. The van der Waals surface area contributed by atoms with Gasteiger partial charge in [-0.2, -0.15) is 0 Å². The zero-order valence-corrected chi connectivity index (χ0v) is 17.3. The van der Waals surface area contributed by atoms with Gasteiger partial charge in [0.25, 0.3) is 0 Å². The second kappa shape index (κ2) is 8.14. The standard InChI is InChI=1S/C22H38N2O2/c1-6-8-9-16(7-2)14-24-20(26)18-17(19(23)25)21(5)10-12-22(18,13-11-21)15(3)4/h10,12,15-18H,6-9,11,13-14H2,1-5H3,(H2,23,25)(H,24,26). The van der Waals surface area contributed by atoms with Crippen LogP contribution in [0.25, 0.3) is 0 Å². The lowest BCUT2D eigenvalue weighted by molar-refractivity contribution is -0.151. The molecule has 0 aromatic rings. The summed E-state index contributed by atoms with van der Waals surface area (Å²) in [6, 6.07) is 0. The largest absolute Gasteiger partial charge is 0.369 e. The van der Waals surface area contributed by atoms with Gasteiger partial charge in [-0.05, 0) is 36.5 Å². The fourth-order valence-corrected chi connectivity index (χ4v) is 5.23. The molecule has 148 valence electrons. The molecule has 0 aromatic heterocycles. The Morgan fingerprint density at radius 2 is 1.88 bits per heavy atom. The van der Waals surface area contributed by atoms with E-state index in [4.69, 9.17) is 5.73 Å². The highest BCUT2D eigenvalue weighted by Gasteiger charge is 2.60. The van der Waals surface area contributed by atoms with Gasteiger partial charge in [0.2, 0.25) is 11.8 Å². The van der Waals surface area contributed by atoms with Crippen molar-refractivity contribution in [1.82, 2.24) is 5.32 Å². The van der Waals surface area contributed by atoms with Gasteiger partial charge in [-0.25, -0.2) is 0 Å². The Balaban J connectivity index is 2.24. The highest BCUT2D eigenvalue weighted by molar-refractivity contribution is 5.89. The number of primary amides is 1. The molecule has 1 saturated carbocycles. The maximum atomic E-state index is 13.3. The van der Waals surface area contributed by atoms with Gasteiger partial charge in [-0.3, -0.25) is 9.59 Å². The molecule has 0 aliphatic heterocycles. The number of amides is 2. The molecular formula is C22H38N2O2. The third-order valence-corrected chi connectivity index (χ3v) is 7.27. The zero-order valence-electron chi connectivity index (χ0n) is 17.3. The van der Waals surface area contributed by atoms with E-state index in [0.29, 0.717) is 18.4 Å². The van der Waals surface area contributed by atoms with Crippen molar-refractivity contribution in [1.29, 1.82) is 0 Å². The Kier molecular flexibility index (Phi) is 6.57. The maximum absolute atomic E-state index is 13.3. The van der Waals surface area contributed by atoms with Gasteiger partial charge in [0, 0.05) is 12.0 Å². The number of unbranched alkanes of at least 4 members (excludes halogenated alkanes) is 1. The van der Waals surface area contributed by atoms with Crippen LogP contribution in [0.2, 0.25) is 0 Å². The van der Waals surface area contributed by atoms with Crippen molar-refractivity contribution in [3.05, 3.63) is 12.2 Å². The summed E-state index contributed by atoms with van der Waals surface area (Å²) in [5.74, 6) is -0.282. The van der Waals surface area contributed by atoms with E-state index in [0.717, 1.165) is 25.7 Å². The third-order valence-electron chi connectivity index (χ3n) is 7.27. The molecule has 3 aliphatic carbocycles. The average Bonchev–Trinajstić information content (AvgIpc) is 2.60. The summed E-state index contributed by atoms with van der Waals surface area (Å²) in [5.41, 5.74) is 5.27. The Labute approximate surface area is 159 Å². The molecule has 3 rings (SSSR count). The topological polar surface area (TPSA) is 72.2 Å². The molecular weight excluding hydrogens is 324 g/mol. The van der Waals surface area contributed by atoms with Crippen LogP contribution >= 0.6 is 0 Å². The van der Waals surface area contributed by atoms with E-state index in [1.807, 2.05) is 0 Å². The van der Waals surface area contributed by atoms with E-state index in [1.165, 1.54) is 12.8 Å². The van der Waals surface area contributed by atoms with Crippen LogP contribution in [0, 0.1) is 34.5 Å². The molecule has 26 heavy (non-hydrogen) atoms. The number of hydrogen-bond donors (Lipinski definition) is 2. The lowest BCUT2D eigenvalue weighted by Gasteiger charge is -2.57. The monoisotopic (exact) mass is 362 g/mol. The Hall–Kier alpha value is -1.32. The summed E-state index contributed by atoms with van der Waals surface area (Å²) in [7, 11) is 0. The van der Waals surface area contributed by atoms with E-state index in [2.05, 4.69) is 52.1 Å². The SMILES string of the molecule is CCCCC(CC)CNC(=O)C1C(C(N)=O)C2(C)C=CC1(C(C)C)CC2. The highest BCUT2D eigenvalue weighted by atomic mass is 16.2. The Morgan fingerprint density at radius 3 is 2.35 bits per heavy atom. The van der Waals surface area contributed by atoms with Crippen molar-refractivity contribution in [2.45, 2.75) is 73.1 Å². The molecule has 4 nitrogen and oxygen atoms in total. The maximum Gasteiger partial charge on any atom is 0.224 e. The van der Waals surface area contributed by atoms with Crippen LogP contribution in [-0.4, -0.2) is 18.4 Å². The van der Waals surface area contributed by atoms with E-state index in [1.54, 1.807) is 0 Å². The number of allylic oxidation sites excluding steroid dienone is 2. The van der Waals surface area contributed by atoms with Crippen molar-refractivity contribution in [3.8, 4) is 0 Å². The van der Waals surface area contributed by atoms with Gasteiger partial charge in [-0.1, -0.05) is 66.0 Å². The molecule has 3 N–H and O–H groups in total. The van der Waals surface area contributed by atoms with Crippen molar-refractivity contribution in [3.63, 3.8) is 0 Å². The fraction of sp³-hybridized carbons (Fsp3) is 0.818. The Bertz CT molecular complexity index is 556. The van der Waals surface area contributed by atoms with Gasteiger partial charge in [0.05, 0.1) is 11.8 Å². The molecule has 5 unspecified atom stereocenters. The molecule has 1 fully saturated rings. The van der Waals surface area contributed by atoms with Crippen LogP contribution in [0.1, 0.15) is 73.1 Å². The van der Waals surface area contributed by atoms with E-state index >= 15 is 0 Å². The molecule has 2 amide bonds. The predicted molar refractivity (Wildman–Crippen MR) is 106 cm³/mol. The van der Waals surface area contributed by atoms with Crippen molar-refractivity contribution in [2.75, 3.05) is 6.54 Å². The van der Waals surface area contributed by atoms with Crippen LogP contribution < -0.4 is 11.1 Å². The van der Waals surface area contributed by atoms with E-state index < -0.39 is 5.92 Å². The minimum Gasteiger partial charge on any atom is -0.369 e. The van der Waals surface area contributed by atoms with Crippen molar-refractivity contribution >= 4 is 11.8 Å². The first kappa shape index (κ1) is 21.0. The molecule has 0 radical (unpaired) electrons. The number of hydrogen-bond acceptors (Lipinski definition) is 2. The van der Waals surface area contributed by atoms with Crippen LogP contribution in [0.15, 0.2) is 12.2 Å². The molecule has 0 heterocycles. The molecule has 0 spiro atoms. The van der Waals surface area contributed by atoms with Crippen LogP contribution in [0.3, 0.4) is 0 Å². The summed E-state index contributed by atoms with van der Waals surface area (Å²) in [5, 5.41) is 3.20. The van der Waals surface area contributed by atoms with Gasteiger partial charge < -0.3 is 11.1 Å². The molecule has 4 heteroatoms. The van der Waals surface area contributed by atoms with Crippen molar-refractivity contribution < 1.29 is 9.59 Å². The summed E-state index contributed by atoms with van der Waals surface area (Å²) in [6.07, 6.45) is 10.8. The van der Waals surface area contributed by atoms with Crippen LogP contribution in [0.4, 0.5) is 0 Å². The van der Waals surface area contributed by atoms with Gasteiger partial charge in [0.15, 0.2) is 0 Å². The average molecular weight is 363 g/mol. The minimum absolute atomic E-state index is 0.0210. The molecule has 0 saturated heterocycles.